The molecule has 0 fully saturated rings. The summed E-state index contributed by atoms with van der Waals surface area (Å²) in [6.07, 6.45) is 3.52. The molecule has 0 aliphatic heterocycles. The van der Waals surface area contributed by atoms with Crippen LogP contribution in [-0.2, 0) is 18.4 Å². The summed E-state index contributed by atoms with van der Waals surface area (Å²) in [5, 5.41) is 10.4. The SMILES string of the molecule is CCOc1ccccc1-c1noc(COC(=O)c2csc(-c3cnn(C)c3)n2)n1. The van der Waals surface area contributed by atoms with Crippen molar-refractivity contribution in [2.24, 2.45) is 7.05 Å². The molecule has 0 amide bonds. The minimum atomic E-state index is -0.564. The lowest BCUT2D eigenvalue weighted by atomic mass is 10.2. The van der Waals surface area contributed by atoms with E-state index in [1.807, 2.05) is 44.4 Å². The van der Waals surface area contributed by atoms with Gasteiger partial charge in [-0.1, -0.05) is 17.3 Å². The summed E-state index contributed by atoms with van der Waals surface area (Å²) in [7, 11) is 1.82. The summed E-state index contributed by atoms with van der Waals surface area (Å²) in [6.45, 7) is 2.27. The number of carbonyl (C=O) groups is 1. The molecule has 0 N–H and O–H groups in total. The van der Waals surface area contributed by atoms with Crippen molar-refractivity contribution in [3.05, 3.63) is 53.6 Å². The minimum absolute atomic E-state index is 0.150. The van der Waals surface area contributed by atoms with Crippen molar-refractivity contribution in [3.63, 3.8) is 0 Å². The maximum absolute atomic E-state index is 12.3. The van der Waals surface area contributed by atoms with Crippen molar-refractivity contribution in [1.82, 2.24) is 24.9 Å². The fraction of sp³-hybridized carbons (Fsp3) is 0.211. The molecule has 0 aliphatic carbocycles. The van der Waals surface area contributed by atoms with Crippen LogP contribution in [0, 0.1) is 0 Å². The Kier molecular flexibility index (Phi) is 5.34. The summed E-state index contributed by atoms with van der Waals surface area (Å²) >= 11 is 1.34. The van der Waals surface area contributed by atoms with Gasteiger partial charge in [0.05, 0.1) is 18.4 Å². The molecule has 10 heteroatoms. The average molecular weight is 411 g/mol. The van der Waals surface area contributed by atoms with Crippen LogP contribution in [0.3, 0.4) is 0 Å². The normalized spacial score (nSPS) is 10.8. The largest absolute Gasteiger partial charge is 0.493 e. The molecule has 0 unspecified atom stereocenters. The quantitative estimate of drug-likeness (QED) is 0.426. The molecule has 4 rings (SSSR count). The Bertz CT molecular complexity index is 1130. The lowest BCUT2D eigenvalue weighted by Crippen LogP contribution is -2.05. The van der Waals surface area contributed by atoms with Crippen LogP contribution in [0.1, 0.15) is 23.3 Å². The molecule has 0 radical (unpaired) electrons. The van der Waals surface area contributed by atoms with Gasteiger partial charge in [0.25, 0.3) is 5.89 Å². The molecule has 3 heterocycles. The first-order chi connectivity index (χ1) is 14.1. The Labute approximate surface area is 169 Å². The van der Waals surface area contributed by atoms with Gasteiger partial charge in [-0.15, -0.1) is 11.3 Å². The highest BCUT2D eigenvalue weighted by molar-refractivity contribution is 7.13. The van der Waals surface area contributed by atoms with Crippen molar-refractivity contribution >= 4 is 17.3 Å². The lowest BCUT2D eigenvalue weighted by Gasteiger charge is -2.05. The van der Waals surface area contributed by atoms with Crippen LogP contribution in [0.15, 0.2) is 46.6 Å². The van der Waals surface area contributed by atoms with Crippen molar-refractivity contribution < 1.29 is 18.8 Å². The molecule has 29 heavy (non-hydrogen) atoms. The zero-order valence-corrected chi connectivity index (χ0v) is 16.5. The van der Waals surface area contributed by atoms with Gasteiger partial charge in [0, 0.05) is 24.2 Å². The number of aryl methyl sites for hydroxylation is 1. The molecule has 0 saturated carbocycles. The number of benzene rings is 1. The predicted octanol–water partition coefficient (Wildman–Crippen LogP) is 3.35. The molecule has 0 spiro atoms. The molecule has 0 bridgehead atoms. The van der Waals surface area contributed by atoms with Gasteiger partial charge in [-0.3, -0.25) is 4.68 Å². The zero-order valence-electron chi connectivity index (χ0n) is 15.7. The van der Waals surface area contributed by atoms with Gasteiger partial charge in [0.1, 0.15) is 10.8 Å². The van der Waals surface area contributed by atoms with Crippen LogP contribution in [0.2, 0.25) is 0 Å². The third kappa shape index (κ3) is 4.16. The number of thiazole rings is 1. The summed E-state index contributed by atoms with van der Waals surface area (Å²) in [4.78, 5) is 20.9. The predicted molar refractivity (Wildman–Crippen MR) is 104 cm³/mol. The fourth-order valence-corrected chi connectivity index (χ4v) is 3.35. The molecule has 148 valence electrons. The third-order valence-electron chi connectivity index (χ3n) is 3.89. The van der Waals surface area contributed by atoms with Crippen molar-refractivity contribution in [3.8, 4) is 27.7 Å². The summed E-state index contributed by atoms with van der Waals surface area (Å²) in [6, 6.07) is 7.39. The number of ether oxygens (including phenoxy) is 2. The number of hydrogen-bond acceptors (Lipinski definition) is 9. The van der Waals surface area contributed by atoms with E-state index in [0.717, 1.165) is 5.56 Å². The van der Waals surface area contributed by atoms with E-state index in [-0.39, 0.29) is 18.2 Å². The summed E-state index contributed by atoms with van der Waals surface area (Å²) in [5.41, 5.74) is 1.76. The van der Waals surface area contributed by atoms with Crippen molar-refractivity contribution in [2.75, 3.05) is 6.61 Å². The highest BCUT2D eigenvalue weighted by atomic mass is 32.1. The van der Waals surface area contributed by atoms with Crippen LogP contribution in [-0.4, -0.2) is 37.5 Å². The number of nitrogens with zero attached hydrogens (tertiary/aromatic N) is 5. The molecular formula is C19H17N5O4S. The van der Waals surface area contributed by atoms with Crippen molar-refractivity contribution in [1.29, 1.82) is 0 Å². The maximum atomic E-state index is 12.3. The van der Waals surface area contributed by atoms with Gasteiger partial charge in [-0.05, 0) is 19.1 Å². The molecule has 4 aromatic rings. The third-order valence-corrected chi connectivity index (χ3v) is 4.78. The van der Waals surface area contributed by atoms with Gasteiger partial charge in [-0.2, -0.15) is 10.1 Å². The van der Waals surface area contributed by atoms with E-state index in [4.69, 9.17) is 14.0 Å². The second kappa shape index (κ2) is 8.23. The summed E-state index contributed by atoms with van der Waals surface area (Å²) < 4.78 is 17.7. The lowest BCUT2D eigenvalue weighted by molar-refractivity contribution is 0.0424. The fourth-order valence-electron chi connectivity index (χ4n) is 2.59. The molecule has 0 atom stereocenters. The Morgan fingerprint density at radius 1 is 1.28 bits per heavy atom. The van der Waals surface area contributed by atoms with E-state index in [1.165, 1.54) is 11.3 Å². The Morgan fingerprint density at radius 2 is 2.14 bits per heavy atom. The monoisotopic (exact) mass is 411 g/mol. The van der Waals surface area contributed by atoms with Gasteiger partial charge < -0.3 is 14.0 Å². The van der Waals surface area contributed by atoms with Crippen LogP contribution >= 0.6 is 11.3 Å². The van der Waals surface area contributed by atoms with E-state index in [0.29, 0.717) is 28.8 Å². The van der Waals surface area contributed by atoms with Gasteiger partial charge in [0.15, 0.2) is 12.3 Å². The number of rotatable bonds is 7. The molecule has 0 saturated heterocycles. The molecule has 9 nitrogen and oxygen atoms in total. The second-order valence-corrected chi connectivity index (χ2v) is 6.82. The van der Waals surface area contributed by atoms with Crippen LogP contribution in [0.4, 0.5) is 0 Å². The van der Waals surface area contributed by atoms with Gasteiger partial charge in [0.2, 0.25) is 5.82 Å². The Hall–Kier alpha value is -3.53. The number of para-hydroxylation sites is 1. The maximum Gasteiger partial charge on any atom is 0.358 e. The smallest absolute Gasteiger partial charge is 0.358 e. The standard InChI is InChI=1S/C19H17N5O4S/c1-3-26-15-7-5-4-6-13(15)17-22-16(28-23-17)10-27-19(25)14-11-29-18(21-14)12-8-20-24(2)9-12/h4-9,11H,3,10H2,1-2H3. The average Bonchev–Trinajstić information content (AvgIpc) is 3.47. The topological polar surface area (TPSA) is 105 Å². The minimum Gasteiger partial charge on any atom is -0.493 e. The number of esters is 1. The Balaban J connectivity index is 1.41. The zero-order chi connectivity index (χ0) is 20.2. The van der Waals surface area contributed by atoms with Gasteiger partial charge in [-0.25, -0.2) is 9.78 Å². The van der Waals surface area contributed by atoms with Crippen molar-refractivity contribution in [2.45, 2.75) is 13.5 Å². The first kappa shape index (κ1) is 18.8. The molecule has 3 aromatic heterocycles. The Morgan fingerprint density at radius 3 is 2.93 bits per heavy atom. The van der Waals surface area contributed by atoms with Gasteiger partial charge >= 0.3 is 5.97 Å². The first-order valence-electron chi connectivity index (χ1n) is 8.80. The van der Waals surface area contributed by atoms with E-state index in [1.54, 1.807) is 16.3 Å². The molecule has 0 aliphatic rings. The van der Waals surface area contributed by atoms with E-state index in [2.05, 4.69) is 20.2 Å². The second-order valence-electron chi connectivity index (χ2n) is 5.96. The van der Waals surface area contributed by atoms with Crippen LogP contribution < -0.4 is 4.74 Å². The number of aromatic nitrogens is 5. The highest BCUT2D eigenvalue weighted by Gasteiger charge is 2.17. The molecular weight excluding hydrogens is 394 g/mol. The number of hydrogen-bond donors (Lipinski definition) is 0. The number of carbonyl (C=O) groups excluding carboxylic acids is 1. The van der Waals surface area contributed by atoms with Crippen LogP contribution in [0.25, 0.3) is 22.0 Å². The van der Waals surface area contributed by atoms with Crippen LogP contribution in [0.5, 0.6) is 5.75 Å². The van der Waals surface area contributed by atoms with E-state index >= 15 is 0 Å². The first-order valence-corrected chi connectivity index (χ1v) is 9.68. The molecule has 1 aromatic carbocycles. The van der Waals surface area contributed by atoms with E-state index in [9.17, 15) is 4.79 Å². The van der Waals surface area contributed by atoms with E-state index < -0.39 is 5.97 Å². The summed E-state index contributed by atoms with van der Waals surface area (Å²) in [5.74, 6) is 0.644. The highest BCUT2D eigenvalue weighted by Crippen LogP contribution is 2.28.